The van der Waals surface area contributed by atoms with E-state index in [9.17, 15) is 9.59 Å². The smallest absolute Gasteiger partial charge is 0.206 e. The van der Waals surface area contributed by atoms with Crippen LogP contribution < -0.4 is 0 Å². The normalized spacial score (nSPS) is 11.6. The second-order valence-electron chi connectivity index (χ2n) is 3.10. The lowest BCUT2D eigenvalue weighted by atomic mass is 10.5. The van der Waals surface area contributed by atoms with Crippen molar-refractivity contribution < 1.29 is 9.59 Å². The lowest BCUT2D eigenvalue weighted by Crippen LogP contribution is -2.29. The van der Waals surface area contributed by atoms with Crippen LogP contribution in [0.3, 0.4) is 0 Å². The highest BCUT2D eigenvalue weighted by molar-refractivity contribution is 6.82. The Morgan fingerprint density at radius 2 is 1.89 bits per heavy atom. The maximum absolute atomic E-state index is 10.2. The topological polar surface area (TPSA) is 34.1 Å². The minimum atomic E-state index is -1.58. The Kier molecular flexibility index (Phi) is 2.77. The van der Waals surface area contributed by atoms with Gasteiger partial charge in [0.05, 0.1) is 13.6 Å². The summed E-state index contributed by atoms with van der Waals surface area (Å²) in [6.45, 7) is 5.91. The second kappa shape index (κ2) is 2.92. The molecule has 3 heteroatoms. The third-order valence-electron chi connectivity index (χ3n) is 1.20. The molecule has 0 saturated carbocycles. The summed E-state index contributed by atoms with van der Waals surface area (Å²) in [4.78, 5) is 20.2. The number of carbonyl (C=O) groups is 1. The molecule has 2 nitrogen and oxygen atoms in total. The highest BCUT2D eigenvalue weighted by atomic mass is 28.3. The zero-order valence-corrected chi connectivity index (χ0v) is 6.97. The van der Waals surface area contributed by atoms with Crippen molar-refractivity contribution in [3.05, 3.63) is 0 Å². The Morgan fingerprint density at radius 3 is 1.89 bits per heavy atom. The van der Waals surface area contributed by atoms with Gasteiger partial charge in [0.1, 0.15) is 6.29 Å². The predicted octanol–water partition coefficient (Wildman–Crippen LogP) is 1.00. The highest BCUT2D eigenvalue weighted by Gasteiger charge is 2.26. The molecular formula is C6H11O2Si. The van der Waals surface area contributed by atoms with Gasteiger partial charge in [-0.1, -0.05) is 19.6 Å². The predicted molar refractivity (Wildman–Crippen MR) is 38.9 cm³/mol. The average Bonchev–Trinajstić information content (AvgIpc) is 1.65. The van der Waals surface area contributed by atoms with Gasteiger partial charge in [-0.3, -0.25) is 4.79 Å². The van der Waals surface area contributed by atoms with E-state index in [1.165, 1.54) is 0 Å². The van der Waals surface area contributed by atoms with Crippen molar-refractivity contribution in [2.75, 3.05) is 0 Å². The van der Waals surface area contributed by atoms with Crippen LogP contribution in [0.4, 0.5) is 0 Å². The Hall–Kier alpha value is -0.443. The van der Waals surface area contributed by atoms with Gasteiger partial charge in [0.15, 0.2) is 0 Å². The average molecular weight is 143 g/mol. The van der Waals surface area contributed by atoms with Gasteiger partial charge in [0, 0.05) is 0 Å². The van der Waals surface area contributed by atoms with Gasteiger partial charge >= 0.3 is 0 Å². The van der Waals surface area contributed by atoms with Crippen LogP contribution >= 0.6 is 0 Å². The number of hydrogen-bond acceptors (Lipinski definition) is 2. The molecule has 0 saturated heterocycles. The Balaban J connectivity index is 4.11. The minimum absolute atomic E-state index is 0.447. The molecule has 0 aliphatic carbocycles. The van der Waals surface area contributed by atoms with E-state index in [4.69, 9.17) is 0 Å². The first-order valence-electron chi connectivity index (χ1n) is 2.85. The summed E-state index contributed by atoms with van der Waals surface area (Å²) in [5, 5.41) is 0. The van der Waals surface area contributed by atoms with Crippen molar-refractivity contribution in [2.45, 2.75) is 25.2 Å². The summed E-state index contributed by atoms with van der Waals surface area (Å²) in [5.41, 5.74) is -0.447. The van der Waals surface area contributed by atoms with Crippen molar-refractivity contribution in [3.8, 4) is 0 Å². The standard InChI is InChI=1S/C6H11O2Si/c1-9(2,3)6(4-7)5-8/h4,6H,1-3H3. The van der Waals surface area contributed by atoms with Crippen LogP contribution in [-0.4, -0.2) is 20.6 Å². The van der Waals surface area contributed by atoms with Gasteiger partial charge < -0.3 is 4.79 Å². The molecule has 0 spiro atoms. The Labute approximate surface area is 56.3 Å². The van der Waals surface area contributed by atoms with E-state index in [0.717, 1.165) is 0 Å². The molecule has 0 heterocycles. The molecule has 0 aliphatic heterocycles. The van der Waals surface area contributed by atoms with E-state index in [0.29, 0.717) is 6.29 Å². The third kappa shape index (κ3) is 2.55. The van der Waals surface area contributed by atoms with E-state index >= 15 is 0 Å². The number of rotatable bonds is 3. The molecule has 1 unspecified atom stereocenters. The van der Waals surface area contributed by atoms with Gasteiger partial charge in [-0.25, -0.2) is 0 Å². The summed E-state index contributed by atoms with van der Waals surface area (Å²) >= 11 is 0. The van der Waals surface area contributed by atoms with Gasteiger partial charge in [0.25, 0.3) is 0 Å². The van der Waals surface area contributed by atoms with Crippen LogP contribution in [0.25, 0.3) is 0 Å². The van der Waals surface area contributed by atoms with Crippen molar-refractivity contribution in [1.29, 1.82) is 0 Å². The molecule has 0 fully saturated rings. The summed E-state index contributed by atoms with van der Waals surface area (Å²) in [5.74, 6) is 0. The van der Waals surface area contributed by atoms with Crippen molar-refractivity contribution >= 4 is 20.6 Å². The van der Waals surface area contributed by atoms with Crippen LogP contribution in [0.5, 0.6) is 0 Å². The van der Waals surface area contributed by atoms with Crippen molar-refractivity contribution in [3.63, 3.8) is 0 Å². The number of carbonyl (C=O) groups excluding carboxylic acids is 2. The molecule has 0 rings (SSSR count). The number of hydrogen-bond donors (Lipinski definition) is 0. The van der Waals surface area contributed by atoms with Crippen molar-refractivity contribution in [1.82, 2.24) is 0 Å². The van der Waals surface area contributed by atoms with Gasteiger partial charge in [-0.15, -0.1) is 0 Å². The molecule has 1 atom stereocenters. The molecule has 51 valence electrons. The SMILES string of the molecule is C[Si](C)(C)C([C]=O)C=O. The molecule has 0 amide bonds. The second-order valence-corrected chi connectivity index (χ2v) is 8.45. The van der Waals surface area contributed by atoms with E-state index in [1.54, 1.807) is 6.29 Å². The fourth-order valence-corrected chi connectivity index (χ4v) is 1.17. The zero-order valence-electron chi connectivity index (χ0n) is 5.97. The highest BCUT2D eigenvalue weighted by Crippen LogP contribution is 2.15. The fourth-order valence-electron chi connectivity index (χ4n) is 0.409. The third-order valence-corrected chi connectivity index (χ3v) is 3.32. The molecule has 0 aliphatic rings. The van der Waals surface area contributed by atoms with Crippen LogP contribution in [0, 0.1) is 0 Å². The maximum Gasteiger partial charge on any atom is 0.206 e. The summed E-state index contributed by atoms with van der Waals surface area (Å²) in [6, 6.07) is 0. The van der Waals surface area contributed by atoms with Crippen LogP contribution in [0.2, 0.25) is 25.2 Å². The summed E-state index contributed by atoms with van der Waals surface area (Å²) in [6.07, 6.45) is 2.43. The molecule has 9 heavy (non-hydrogen) atoms. The van der Waals surface area contributed by atoms with Crippen LogP contribution in [0.1, 0.15) is 0 Å². The quantitative estimate of drug-likeness (QED) is 0.335. The Morgan fingerprint density at radius 1 is 1.44 bits per heavy atom. The van der Waals surface area contributed by atoms with Gasteiger partial charge in [0.2, 0.25) is 6.29 Å². The lowest BCUT2D eigenvalue weighted by Gasteiger charge is -2.16. The molecule has 0 aromatic heterocycles. The number of aldehydes is 1. The van der Waals surface area contributed by atoms with Gasteiger partial charge in [-0.2, -0.15) is 0 Å². The van der Waals surface area contributed by atoms with Crippen LogP contribution in [0.15, 0.2) is 0 Å². The zero-order chi connectivity index (χ0) is 7.49. The van der Waals surface area contributed by atoms with E-state index in [1.807, 2.05) is 19.6 Å². The summed E-state index contributed by atoms with van der Waals surface area (Å²) < 4.78 is 0. The maximum atomic E-state index is 10.2. The molecule has 0 N–H and O–H groups in total. The van der Waals surface area contributed by atoms with E-state index in [-0.39, 0.29) is 0 Å². The first-order chi connectivity index (χ1) is 4.02. The van der Waals surface area contributed by atoms with E-state index < -0.39 is 13.6 Å². The van der Waals surface area contributed by atoms with Crippen molar-refractivity contribution in [2.24, 2.45) is 0 Å². The van der Waals surface area contributed by atoms with Crippen LogP contribution in [-0.2, 0) is 9.59 Å². The molecule has 0 aromatic rings. The summed E-state index contributed by atoms with van der Waals surface area (Å²) in [7, 11) is -1.58. The van der Waals surface area contributed by atoms with E-state index in [2.05, 4.69) is 0 Å². The molecule has 1 radical (unpaired) electrons. The lowest BCUT2D eigenvalue weighted by molar-refractivity contribution is -0.106. The monoisotopic (exact) mass is 143 g/mol. The Bertz CT molecular complexity index is 107. The van der Waals surface area contributed by atoms with Gasteiger partial charge in [-0.05, 0) is 0 Å². The first-order valence-corrected chi connectivity index (χ1v) is 6.43. The molecule has 0 bridgehead atoms. The molecule has 0 aromatic carbocycles. The minimum Gasteiger partial charge on any atom is -0.303 e. The first kappa shape index (κ1) is 8.56. The largest absolute Gasteiger partial charge is 0.303 e. The fraction of sp³-hybridized carbons (Fsp3) is 0.667. The molecular weight excluding hydrogens is 132 g/mol.